The van der Waals surface area contributed by atoms with E-state index in [2.05, 4.69) is 22.2 Å². The highest BCUT2D eigenvalue weighted by atomic mass is 19.4. The first-order valence-electron chi connectivity index (χ1n) is 7.58. The van der Waals surface area contributed by atoms with Crippen molar-refractivity contribution in [2.75, 3.05) is 29.5 Å². The lowest BCUT2D eigenvalue weighted by atomic mass is 10.2. The number of nitrogens with zero attached hydrogens (tertiary/aromatic N) is 3. The van der Waals surface area contributed by atoms with Crippen molar-refractivity contribution >= 4 is 23.0 Å². The molecule has 0 aliphatic carbocycles. The molecular weight excluding hydrogens is 319 g/mol. The van der Waals surface area contributed by atoms with Gasteiger partial charge in [0, 0.05) is 19.3 Å². The van der Waals surface area contributed by atoms with Gasteiger partial charge in [-0.1, -0.05) is 19.4 Å². The number of aromatic nitrogens is 2. The highest BCUT2D eigenvalue weighted by Crippen LogP contribution is 2.33. The molecule has 1 aromatic carbocycles. The van der Waals surface area contributed by atoms with E-state index in [9.17, 15) is 13.2 Å². The largest absolute Gasteiger partial charge is 0.416 e. The molecule has 1 heterocycles. The van der Waals surface area contributed by atoms with Crippen LogP contribution < -0.4 is 16.0 Å². The summed E-state index contributed by atoms with van der Waals surface area (Å²) in [4.78, 5) is 10.1. The SMILES string of the molecule is CCCCN(C)c1ncnc(Nc2cccc(C(F)(F)F)c2)c1N. The van der Waals surface area contributed by atoms with E-state index in [1.54, 1.807) is 0 Å². The molecule has 0 spiro atoms. The lowest BCUT2D eigenvalue weighted by Gasteiger charge is -2.20. The lowest BCUT2D eigenvalue weighted by molar-refractivity contribution is -0.137. The Balaban J connectivity index is 2.25. The molecule has 0 bridgehead atoms. The summed E-state index contributed by atoms with van der Waals surface area (Å²) < 4.78 is 38.4. The first-order valence-corrected chi connectivity index (χ1v) is 7.58. The number of nitrogens with one attached hydrogen (secondary N) is 1. The number of rotatable bonds is 6. The van der Waals surface area contributed by atoms with Crippen LogP contribution in [0.3, 0.4) is 0 Å². The zero-order valence-electron chi connectivity index (χ0n) is 13.6. The van der Waals surface area contributed by atoms with Gasteiger partial charge in [-0.25, -0.2) is 9.97 Å². The van der Waals surface area contributed by atoms with Crippen LogP contribution in [-0.4, -0.2) is 23.6 Å². The molecule has 0 aliphatic rings. The summed E-state index contributed by atoms with van der Waals surface area (Å²) in [5.41, 5.74) is 5.90. The molecule has 1 aromatic heterocycles. The zero-order chi connectivity index (χ0) is 17.7. The average molecular weight is 339 g/mol. The molecule has 0 radical (unpaired) electrons. The van der Waals surface area contributed by atoms with E-state index in [4.69, 9.17) is 5.73 Å². The molecule has 0 saturated carbocycles. The summed E-state index contributed by atoms with van der Waals surface area (Å²) in [5.74, 6) is 0.829. The fourth-order valence-corrected chi connectivity index (χ4v) is 2.20. The first-order chi connectivity index (χ1) is 11.3. The number of nitrogen functional groups attached to an aromatic ring is 1. The molecule has 5 nitrogen and oxygen atoms in total. The highest BCUT2D eigenvalue weighted by molar-refractivity contribution is 5.78. The Morgan fingerprint density at radius 3 is 2.67 bits per heavy atom. The third-order valence-corrected chi connectivity index (χ3v) is 3.52. The standard InChI is InChI=1S/C16H20F3N5/c1-3-4-8-24(2)15-13(20)14(21-10-22-15)23-12-7-5-6-11(9-12)16(17,18)19/h5-7,9-10H,3-4,8,20H2,1-2H3,(H,21,22,23). The minimum absolute atomic E-state index is 0.261. The van der Waals surface area contributed by atoms with E-state index in [-0.39, 0.29) is 11.5 Å². The molecule has 0 unspecified atom stereocenters. The van der Waals surface area contributed by atoms with E-state index < -0.39 is 11.7 Å². The number of anilines is 4. The highest BCUT2D eigenvalue weighted by Gasteiger charge is 2.30. The normalized spacial score (nSPS) is 11.4. The van der Waals surface area contributed by atoms with Gasteiger partial charge in [-0.15, -0.1) is 0 Å². The van der Waals surface area contributed by atoms with Crippen molar-refractivity contribution in [2.45, 2.75) is 25.9 Å². The second-order valence-electron chi connectivity index (χ2n) is 5.44. The summed E-state index contributed by atoms with van der Waals surface area (Å²) in [6.07, 6.45) is -1.05. The molecule has 130 valence electrons. The van der Waals surface area contributed by atoms with Crippen LogP contribution in [0.2, 0.25) is 0 Å². The number of nitrogens with two attached hydrogens (primary N) is 1. The molecule has 2 rings (SSSR count). The van der Waals surface area contributed by atoms with Gasteiger partial charge >= 0.3 is 6.18 Å². The minimum Gasteiger partial charge on any atom is -0.393 e. The third-order valence-electron chi connectivity index (χ3n) is 3.52. The van der Waals surface area contributed by atoms with Gasteiger partial charge in [0.1, 0.15) is 12.0 Å². The molecule has 0 aliphatic heterocycles. The van der Waals surface area contributed by atoms with Gasteiger partial charge < -0.3 is 16.0 Å². The molecular formula is C16H20F3N5. The number of hydrogen-bond acceptors (Lipinski definition) is 5. The Morgan fingerprint density at radius 1 is 1.25 bits per heavy atom. The molecule has 0 saturated heterocycles. The number of unbranched alkanes of at least 4 members (excludes halogenated alkanes) is 1. The Kier molecular flexibility index (Phi) is 5.48. The first kappa shape index (κ1) is 17.8. The Labute approximate surface area is 138 Å². The minimum atomic E-state index is -4.40. The number of halogens is 3. The van der Waals surface area contributed by atoms with E-state index in [0.29, 0.717) is 11.5 Å². The molecule has 2 aromatic rings. The zero-order valence-corrected chi connectivity index (χ0v) is 13.6. The maximum atomic E-state index is 12.8. The van der Waals surface area contributed by atoms with Crippen molar-refractivity contribution in [2.24, 2.45) is 0 Å². The van der Waals surface area contributed by atoms with Crippen molar-refractivity contribution in [1.82, 2.24) is 9.97 Å². The van der Waals surface area contributed by atoms with Gasteiger partial charge in [0.25, 0.3) is 0 Å². The molecule has 0 fully saturated rings. The second kappa shape index (κ2) is 7.37. The van der Waals surface area contributed by atoms with Crippen LogP contribution in [0, 0.1) is 0 Å². The van der Waals surface area contributed by atoms with Crippen LogP contribution >= 0.6 is 0 Å². The van der Waals surface area contributed by atoms with Gasteiger partial charge in [-0.05, 0) is 24.6 Å². The van der Waals surface area contributed by atoms with E-state index in [0.717, 1.165) is 31.5 Å². The molecule has 24 heavy (non-hydrogen) atoms. The van der Waals surface area contributed by atoms with Gasteiger partial charge in [0.05, 0.1) is 5.56 Å². The van der Waals surface area contributed by atoms with Crippen LogP contribution in [0.4, 0.5) is 36.2 Å². The van der Waals surface area contributed by atoms with Crippen LogP contribution in [0.1, 0.15) is 25.3 Å². The Bertz CT molecular complexity index is 688. The maximum Gasteiger partial charge on any atom is 0.416 e. The van der Waals surface area contributed by atoms with Gasteiger partial charge in [0.15, 0.2) is 11.6 Å². The number of alkyl halides is 3. The molecule has 8 heteroatoms. The topological polar surface area (TPSA) is 67.1 Å². The van der Waals surface area contributed by atoms with E-state index >= 15 is 0 Å². The molecule has 0 atom stereocenters. The van der Waals surface area contributed by atoms with Gasteiger partial charge in [0.2, 0.25) is 0 Å². The summed E-state index contributed by atoms with van der Waals surface area (Å²) in [6.45, 7) is 2.86. The fourth-order valence-electron chi connectivity index (χ4n) is 2.20. The second-order valence-corrected chi connectivity index (χ2v) is 5.44. The van der Waals surface area contributed by atoms with Gasteiger partial charge in [-0.3, -0.25) is 0 Å². The molecule has 0 amide bonds. The summed E-state index contributed by atoms with van der Waals surface area (Å²) in [6, 6.07) is 4.88. The van der Waals surface area contributed by atoms with Crippen molar-refractivity contribution in [3.8, 4) is 0 Å². The van der Waals surface area contributed by atoms with Crippen LogP contribution in [0.15, 0.2) is 30.6 Å². The maximum absolute atomic E-state index is 12.8. The molecule has 3 N–H and O–H groups in total. The Hall–Kier alpha value is -2.51. The van der Waals surface area contributed by atoms with Crippen molar-refractivity contribution < 1.29 is 13.2 Å². The van der Waals surface area contributed by atoms with Crippen molar-refractivity contribution in [3.05, 3.63) is 36.2 Å². The van der Waals surface area contributed by atoms with Gasteiger partial charge in [-0.2, -0.15) is 13.2 Å². The third kappa shape index (κ3) is 4.27. The quantitative estimate of drug-likeness (QED) is 0.831. The number of hydrogen-bond donors (Lipinski definition) is 2. The lowest BCUT2D eigenvalue weighted by Crippen LogP contribution is -2.21. The van der Waals surface area contributed by atoms with Crippen molar-refractivity contribution in [1.29, 1.82) is 0 Å². The van der Waals surface area contributed by atoms with Crippen LogP contribution in [0.25, 0.3) is 0 Å². The fraction of sp³-hybridized carbons (Fsp3) is 0.375. The van der Waals surface area contributed by atoms with Crippen LogP contribution in [-0.2, 0) is 6.18 Å². The van der Waals surface area contributed by atoms with E-state index in [1.165, 1.54) is 18.5 Å². The summed E-state index contributed by atoms with van der Waals surface area (Å²) in [7, 11) is 1.86. The predicted octanol–water partition coefficient (Wildman–Crippen LogP) is 4.06. The van der Waals surface area contributed by atoms with E-state index in [1.807, 2.05) is 11.9 Å². The predicted molar refractivity (Wildman–Crippen MR) is 89.3 cm³/mol. The Morgan fingerprint density at radius 2 is 2.00 bits per heavy atom. The number of benzene rings is 1. The summed E-state index contributed by atoms with van der Waals surface area (Å²) in [5, 5.41) is 2.83. The average Bonchev–Trinajstić information content (AvgIpc) is 2.54. The smallest absolute Gasteiger partial charge is 0.393 e. The monoisotopic (exact) mass is 339 g/mol. The van der Waals surface area contributed by atoms with Crippen molar-refractivity contribution in [3.63, 3.8) is 0 Å². The van der Waals surface area contributed by atoms with Crippen LogP contribution in [0.5, 0.6) is 0 Å². The summed E-state index contributed by atoms with van der Waals surface area (Å²) >= 11 is 0.